The van der Waals surface area contributed by atoms with Gasteiger partial charge in [0.15, 0.2) is 0 Å². The van der Waals surface area contributed by atoms with Gasteiger partial charge < -0.3 is 36.1 Å². The van der Waals surface area contributed by atoms with E-state index in [1.807, 2.05) is 11.8 Å². The third-order valence-corrected chi connectivity index (χ3v) is 7.64. The Bertz CT molecular complexity index is 790. The van der Waals surface area contributed by atoms with E-state index >= 15 is 0 Å². The SMILES string of the molecule is CC(C)(C)OC(=O)NC(CCCCNC(=O)CCCCC1SCC2NC(=O)NC21)C(=O)NCCCC=O. The fraction of sp³-hybridized carbons (Fsp3) is 0.800. The minimum atomic E-state index is -0.755. The molecule has 0 aromatic rings. The Balaban J connectivity index is 1.61. The number of carbonyl (C=O) groups is 5. The van der Waals surface area contributed by atoms with Crippen molar-refractivity contribution in [2.75, 3.05) is 18.8 Å². The van der Waals surface area contributed by atoms with Crippen LogP contribution in [-0.4, -0.2) is 78.0 Å². The van der Waals surface area contributed by atoms with E-state index < -0.39 is 17.7 Å². The van der Waals surface area contributed by atoms with Crippen molar-refractivity contribution in [1.82, 2.24) is 26.6 Å². The van der Waals surface area contributed by atoms with Crippen molar-refractivity contribution in [2.45, 2.75) is 108 Å². The summed E-state index contributed by atoms with van der Waals surface area (Å²) >= 11 is 1.88. The molecule has 4 atom stereocenters. The third kappa shape index (κ3) is 12.1. The first kappa shape index (κ1) is 30.7. The van der Waals surface area contributed by atoms with Crippen molar-refractivity contribution in [3.8, 4) is 0 Å². The first-order chi connectivity index (χ1) is 17.6. The fourth-order valence-corrected chi connectivity index (χ4v) is 5.85. The smallest absolute Gasteiger partial charge is 0.408 e. The van der Waals surface area contributed by atoms with Crippen LogP contribution in [0.15, 0.2) is 0 Å². The Morgan fingerprint density at radius 1 is 1.08 bits per heavy atom. The highest BCUT2D eigenvalue weighted by Crippen LogP contribution is 2.33. The van der Waals surface area contributed by atoms with Crippen LogP contribution in [0.25, 0.3) is 0 Å². The summed E-state index contributed by atoms with van der Waals surface area (Å²) in [5.74, 6) is 0.620. The van der Waals surface area contributed by atoms with E-state index in [0.717, 1.165) is 31.3 Å². The second-order valence-electron chi connectivity index (χ2n) is 10.5. The number of amides is 5. The first-order valence-electron chi connectivity index (χ1n) is 13.2. The molecule has 0 bridgehead atoms. The van der Waals surface area contributed by atoms with Crippen molar-refractivity contribution in [3.63, 3.8) is 0 Å². The van der Waals surface area contributed by atoms with Gasteiger partial charge in [-0.25, -0.2) is 9.59 Å². The second-order valence-corrected chi connectivity index (χ2v) is 11.8. The van der Waals surface area contributed by atoms with E-state index in [0.29, 0.717) is 56.9 Å². The second kappa shape index (κ2) is 15.7. The highest BCUT2D eigenvalue weighted by Gasteiger charge is 2.42. The lowest BCUT2D eigenvalue weighted by atomic mass is 10.0. The molecule has 12 heteroatoms. The number of hydrogen-bond acceptors (Lipinski definition) is 7. The number of ether oxygens (including phenoxy) is 1. The van der Waals surface area contributed by atoms with Crippen LogP contribution in [0.2, 0.25) is 0 Å². The van der Waals surface area contributed by atoms with E-state index in [1.165, 1.54) is 0 Å². The lowest BCUT2D eigenvalue weighted by Gasteiger charge is -2.23. The number of carbonyl (C=O) groups excluding carboxylic acids is 5. The molecule has 5 amide bonds. The number of unbranched alkanes of at least 4 members (excludes halogenated alkanes) is 3. The molecule has 2 aliphatic heterocycles. The van der Waals surface area contributed by atoms with Gasteiger partial charge in [-0.1, -0.05) is 6.42 Å². The third-order valence-electron chi connectivity index (χ3n) is 6.13. The van der Waals surface area contributed by atoms with Gasteiger partial charge in [-0.05, 0) is 59.3 Å². The molecule has 0 radical (unpaired) electrons. The largest absolute Gasteiger partial charge is 0.444 e. The Morgan fingerprint density at radius 3 is 2.57 bits per heavy atom. The Hall–Kier alpha value is -2.50. The standard InChI is InChI=1S/C25H43N5O6S/c1-25(2,3)36-24(35)29-17(22(33)27-14-8-9-15-31)10-6-7-13-26-20(32)12-5-4-11-19-21-18(16-37-19)28-23(34)30-21/h15,17-19,21H,4-14,16H2,1-3H3,(H,26,32)(H,27,33)(H,29,35)(H2,28,30,34). The molecule has 0 aliphatic carbocycles. The van der Waals surface area contributed by atoms with Gasteiger partial charge in [0.2, 0.25) is 11.8 Å². The number of aldehydes is 1. The van der Waals surface area contributed by atoms with Gasteiger partial charge in [-0.3, -0.25) is 9.59 Å². The van der Waals surface area contributed by atoms with Crippen LogP contribution in [0.4, 0.5) is 9.59 Å². The van der Waals surface area contributed by atoms with E-state index in [-0.39, 0.29) is 29.9 Å². The van der Waals surface area contributed by atoms with Gasteiger partial charge in [0, 0.05) is 36.9 Å². The molecule has 0 spiro atoms. The lowest BCUT2D eigenvalue weighted by molar-refractivity contribution is -0.123. The molecule has 2 aliphatic rings. The molecule has 4 unspecified atom stereocenters. The zero-order valence-electron chi connectivity index (χ0n) is 22.2. The number of rotatable bonds is 16. The summed E-state index contributed by atoms with van der Waals surface area (Å²) in [7, 11) is 0. The summed E-state index contributed by atoms with van der Waals surface area (Å²) in [6, 6.07) is -0.423. The molecule has 0 aromatic carbocycles. The van der Waals surface area contributed by atoms with Crippen LogP contribution in [-0.2, 0) is 19.1 Å². The first-order valence-corrected chi connectivity index (χ1v) is 14.3. The van der Waals surface area contributed by atoms with Crippen molar-refractivity contribution in [2.24, 2.45) is 0 Å². The summed E-state index contributed by atoms with van der Waals surface area (Å²) in [6.07, 6.45) is 5.91. The highest BCUT2D eigenvalue weighted by atomic mass is 32.2. The minimum absolute atomic E-state index is 0.00383. The number of nitrogens with one attached hydrogen (secondary N) is 5. The van der Waals surface area contributed by atoms with Crippen LogP contribution >= 0.6 is 11.8 Å². The van der Waals surface area contributed by atoms with Crippen LogP contribution in [0.1, 0.15) is 78.6 Å². The molecule has 210 valence electrons. The van der Waals surface area contributed by atoms with E-state index in [9.17, 15) is 24.0 Å². The predicted molar refractivity (Wildman–Crippen MR) is 142 cm³/mol. The molecule has 5 N–H and O–H groups in total. The van der Waals surface area contributed by atoms with Gasteiger partial charge in [-0.15, -0.1) is 0 Å². The van der Waals surface area contributed by atoms with E-state index in [4.69, 9.17) is 4.74 Å². The van der Waals surface area contributed by atoms with Crippen molar-refractivity contribution >= 4 is 42.0 Å². The Morgan fingerprint density at radius 2 is 1.84 bits per heavy atom. The van der Waals surface area contributed by atoms with Crippen molar-refractivity contribution in [1.29, 1.82) is 0 Å². The van der Waals surface area contributed by atoms with Crippen LogP contribution in [0.3, 0.4) is 0 Å². The Labute approximate surface area is 223 Å². The normalized spacial score (nSPS) is 21.3. The van der Waals surface area contributed by atoms with Gasteiger partial charge in [0.05, 0.1) is 12.1 Å². The quantitative estimate of drug-likeness (QED) is 0.114. The lowest BCUT2D eigenvalue weighted by Crippen LogP contribution is -2.48. The molecular weight excluding hydrogens is 498 g/mol. The summed E-state index contributed by atoms with van der Waals surface area (Å²) in [6.45, 7) is 6.10. The zero-order valence-corrected chi connectivity index (χ0v) is 23.0. The van der Waals surface area contributed by atoms with Gasteiger partial charge in [-0.2, -0.15) is 11.8 Å². The fourth-order valence-electron chi connectivity index (χ4n) is 4.30. The Kier molecular flexibility index (Phi) is 13.0. The summed E-state index contributed by atoms with van der Waals surface area (Å²) in [4.78, 5) is 58.8. The number of thioether (sulfide) groups is 1. The van der Waals surface area contributed by atoms with Gasteiger partial charge >= 0.3 is 12.1 Å². The average molecular weight is 542 g/mol. The molecule has 0 saturated carbocycles. The molecule has 2 saturated heterocycles. The van der Waals surface area contributed by atoms with E-state index in [2.05, 4.69) is 26.6 Å². The average Bonchev–Trinajstić information content (AvgIpc) is 3.36. The summed E-state index contributed by atoms with van der Waals surface area (Å²) in [5, 5.41) is 14.6. The van der Waals surface area contributed by atoms with Gasteiger partial charge in [0.25, 0.3) is 0 Å². The molecule has 2 rings (SSSR count). The summed E-state index contributed by atoms with van der Waals surface area (Å²) < 4.78 is 5.27. The number of fused-ring (bicyclic) bond motifs is 1. The monoisotopic (exact) mass is 541 g/mol. The molecular formula is C25H43N5O6S. The molecule has 11 nitrogen and oxygen atoms in total. The zero-order chi connectivity index (χ0) is 27.3. The minimum Gasteiger partial charge on any atom is -0.444 e. The molecule has 0 aromatic heterocycles. The molecule has 2 heterocycles. The molecule has 2 fully saturated rings. The van der Waals surface area contributed by atoms with Crippen LogP contribution in [0, 0.1) is 0 Å². The maximum atomic E-state index is 12.5. The maximum Gasteiger partial charge on any atom is 0.408 e. The van der Waals surface area contributed by atoms with Crippen LogP contribution < -0.4 is 26.6 Å². The van der Waals surface area contributed by atoms with Crippen molar-refractivity contribution < 1.29 is 28.7 Å². The number of urea groups is 1. The van der Waals surface area contributed by atoms with E-state index in [1.54, 1.807) is 20.8 Å². The number of alkyl carbamates (subject to hydrolysis) is 1. The highest BCUT2D eigenvalue weighted by molar-refractivity contribution is 8.00. The summed E-state index contributed by atoms with van der Waals surface area (Å²) in [5.41, 5.74) is -0.679. The van der Waals surface area contributed by atoms with Crippen molar-refractivity contribution in [3.05, 3.63) is 0 Å². The maximum absolute atomic E-state index is 12.5. The van der Waals surface area contributed by atoms with Crippen LogP contribution in [0.5, 0.6) is 0 Å². The van der Waals surface area contributed by atoms with Gasteiger partial charge in [0.1, 0.15) is 17.9 Å². The molecule has 37 heavy (non-hydrogen) atoms. The number of hydrogen-bond donors (Lipinski definition) is 5. The predicted octanol–water partition coefficient (Wildman–Crippen LogP) is 1.99. The topological polar surface area (TPSA) is 155 Å².